The Morgan fingerprint density at radius 2 is 1.85 bits per heavy atom. The number of carbonyl (C=O) groups is 1. The summed E-state index contributed by atoms with van der Waals surface area (Å²) in [4.78, 5) is 15.8. The number of carbonyl (C=O) groups excluding carboxylic acids is 1. The third-order valence-electron chi connectivity index (χ3n) is 6.02. The van der Waals surface area contributed by atoms with Gasteiger partial charge >= 0.3 is 6.03 Å². The molecule has 0 bridgehead atoms. The molecule has 1 aliphatic heterocycles. The quantitative estimate of drug-likeness (QED) is 0.426. The molecule has 3 aliphatic rings. The van der Waals surface area contributed by atoms with Crippen LogP contribution in [0.2, 0.25) is 10.0 Å². The number of halogens is 2. The molecule has 2 atom stereocenters. The average Bonchev–Trinajstić information content (AvgIpc) is 3.51. The second-order valence-corrected chi connectivity index (χ2v) is 9.21. The molecule has 2 aliphatic carbocycles. The third-order valence-corrected chi connectivity index (χ3v) is 6.76. The first-order valence-electron chi connectivity index (χ1n) is 9.75. The van der Waals surface area contributed by atoms with Gasteiger partial charge in [-0.15, -0.1) is 6.58 Å². The number of urea groups is 1. The molecule has 0 N–H and O–H groups in total. The van der Waals surface area contributed by atoms with E-state index < -0.39 is 0 Å². The normalized spacial score (nSPS) is 29.1. The Kier molecular flexibility index (Phi) is 5.06. The maximum Gasteiger partial charge on any atom is 0.424 e. The molecular formula is C21H27Cl2N2O+. The summed E-state index contributed by atoms with van der Waals surface area (Å²) in [6.07, 6.45) is 7.90. The van der Waals surface area contributed by atoms with Crippen LogP contribution in [0.25, 0.3) is 0 Å². The van der Waals surface area contributed by atoms with E-state index in [1.54, 1.807) is 0 Å². The van der Waals surface area contributed by atoms with E-state index in [0.717, 1.165) is 38.3 Å². The second-order valence-electron chi connectivity index (χ2n) is 8.40. The lowest BCUT2D eigenvalue weighted by molar-refractivity contribution is 0.101. The maximum atomic E-state index is 13.7. The highest BCUT2D eigenvalue weighted by Gasteiger charge is 2.52. The fraction of sp³-hybridized carbons (Fsp3) is 0.571. The van der Waals surface area contributed by atoms with Crippen LogP contribution in [0.4, 0.5) is 10.5 Å². The van der Waals surface area contributed by atoms with Crippen molar-refractivity contribution in [1.82, 2.24) is 9.38 Å². The Hall–Kier alpha value is -1.03. The minimum absolute atomic E-state index is 0.252. The minimum atomic E-state index is 0.252. The first-order chi connectivity index (χ1) is 12.5. The van der Waals surface area contributed by atoms with E-state index in [9.17, 15) is 4.79 Å². The van der Waals surface area contributed by atoms with Gasteiger partial charge in [0.25, 0.3) is 0 Å². The van der Waals surface area contributed by atoms with E-state index in [-0.39, 0.29) is 6.03 Å². The van der Waals surface area contributed by atoms with Gasteiger partial charge in [0.2, 0.25) is 0 Å². The number of quaternary nitrogens is 1. The second kappa shape index (κ2) is 7.18. The summed E-state index contributed by atoms with van der Waals surface area (Å²) in [5.74, 6) is 1.77. The summed E-state index contributed by atoms with van der Waals surface area (Å²) >= 11 is 12.5. The van der Waals surface area contributed by atoms with Crippen molar-refractivity contribution in [3.8, 4) is 0 Å². The SMILES string of the molecule is C=CCC1CN(CC2CC2)C(=O)[N+](CC2CC2)(c2ccc(Cl)c(Cl)c2)C1. The van der Waals surface area contributed by atoms with Crippen molar-refractivity contribution in [2.45, 2.75) is 32.1 Å². The molecule has 1 aromatic rings. The summed E-state index contributed by atoms with van der Waals surface area (Å²) in [7, 11) is 0. The third kappa shape index (κ3) is 3.67. The Morgan fingerprint density at radius 3 is 2.46 bits per heavy atom. The van der Waals surface area contributed by atoms with Crippen molar-refractivity contribution in [2.75, 3.05) is 26.2 Å². The van der Waals surface area contributed by atoms with E-state index in [1.165, 1.54) is 25.7 Å². The Labute approximate surface area is 166 Å². The molecule has 0 aromatic heterocycles. The molecule has 4 rings (SSSR count). The zero-order valence-electron chi connectivity index (χ0n) is 15.2. The monoisotopic (exact) mass is 393 g/mol. The molecule has 140 valence electrons. The van der Waals surface area contributed by atoms with Crippen LogP contribution in [-0.2, 0) is 0 Å². The molecule has 2 amide bonds. The molecular weight excluding hydrogens is 367 g/mol. The number of rotatable bonds is 7. The smallest absolute Gasteiger partial charge is 0.291 e. The van der Waals surface area contributed by atoms with Gasteiger partial charge in [-0.05, 0) is 44.1 Å². The van der Waals surface area contributed by atoms with Crippen LogP contribution in [0, 0.1) is 17.8 Å². The van der Waals surface area contributed by atoms with Gasteiger partial charge in [-0.1, -0.05) is 29.3 Å². The van der Waals surface area contributed by atoms with Gasteiger partial charge in [0.05, 0.1) is 23.1 Å². The van der Waals surface area contributed by atoms with Crippen LogP contribution in [-0.4, -0.2) is 37.1 Å². The maximum absolute atomic E-state index is 13.7. The van der Waals surface area contributed by atoms with Crippen LogP contribution in [0.3, 0.4) is 0 Å². The fourth-order valence-electron chi connectivity index (χ4n) is 4.35. The molecule has 3 fully saturated rings. The average molecular weight is 394 g/mol. The molecule has 26 heavy (non-hydrogen) atoms. The van der Waals surface area contributed by atoms with E-state index >= 15 is 0 Å². The van der Waals surface area contributed by atoms with Gasteiger partial charge < -0.3 is 0 Å². The Balaban J connectivity index is 1.73. The number of hydrogen-bond donors (Lipinski definition) is 0. The zero-order valence-corrected chi connectivity index (χ0v) is 16.7. The van der Waals surface area contributed by atoms with Crippen LogP contribution in [0.5, 0.6) is 0 Å². The molecule has 2 unspecified atom stereocenters. The predicted octanol–water partition coefficient (Wildman–Crippen LogP) is 5.75. The standard InChI is InChI=1S/C21H27Cl2N2O/c1-2-3-17-12-24(11-15-4-5-15)21(26)25(14-17,13-16-6-7-16)18-8-9-19(22)20(23)10-18/h2,8-10,15-17H,1,3-7,11-14H2/q+1. The van der Waals surface area contributed by atoms with Crippen LogP contribution in [0.15, 0.2) is 30.9 Å². The van der Waals surface area contributed by atoms with Crippen molar-refractivity contribution in [3.63, 3.8) is 0 Å². The summed E-state index contributed by atoms with van der Waals surface area (Å²) in [6.45, 7) is 7.41. The number of nitrogens with zero attached hydrogens (tertiary/aromatic N) is 2. The van der Waals surface area contributed by atoms with E-state index in [2.05, 4.69) is 11.5 Å². The van der Waals surface area contributed by atoms with Gasteiger partial charge in [0.1, 0.15) is 5.69 Å². The highest BCUT2D eigenvalue weighted by atomic mass is 35.5. The van der Waals surface area contributed by atoms with Gasteiger partial charge in [-0.2, -0.15) is 0 Å². The molecule has 3 nitrogen and oxygen atoms in total. The highest BCUT2D eigenvalue weighted by Crippen LogP contribution is 2.42. The van der Waals surface area contributed by atoms with Gasteiger partial charge in [-0.25, -0.2) is 9.28 Å². The summed E-state index contributed by atoms with van der Waals surface area (Å²) in [5, 5.41) is 1.08. The lowest BCUT2D eigenvalue weighted by Gasteiger charge is -2.46. The number of allylic oxidation sites excluding steroid dienone is 1. The molecule has 1 saturated heterocycles. The topological polar surface area (TPSA) is 20.3 Å². The highest BCUT2D eigenvalue weighted by molar-refractivity contribution is 6.42. The van der Waals surface area contributed by atoms with E-state index in [1.807, 2.05) is 24.3 Å². The van der Waals surface area contributed by atoms with Crippen LogP contribution in [0.1, 0.15) is 32.1 Å². The molecule has 2 saturated carbocycles. The van der Waals surface area contributed by atoms with Crippen molar-refractivity contribution < 1.29 is 4.79 Å². The van der Waals surface area contributed by atoms with Gasteiger partial charge in [0, 0.05) is 37.1 Å². The summed E-state index contributed by atoms with van der Waals surface area (Å²) in [5.41, 5.74) is 0.992. The zero-order chi connectivity index (χ0) is 18.3. The van der Waals surface area contributed by atoms with Crippen LogP contribution < -0.4 is 4.48 Å². The minimum Gasteiger partial charge on any atom is -0.291 e. The van der Waals surface area contributed by atoms with Crippen molar-refractivity contribution in [3.05, 3.63) is 40.9 Å². The van der Waals surface area contributed by atoms with Crippen molar-refractivity contribution >= 4 is 34.9 Å². The number of benzene rings is 1. The van der Waals surface area contributed by atoms with Crippen LogP contribution >= 0.6 is 23.2 Å². The number of amides is 2. The van der Waals surface area contributed by atoms with E-state index in [4.69, 9.17) is 23.2 Å². The molecule has 1 heterocycles. The first kappa shape index (κ1) is 18.3. The lowest BCUT2D eigenvalue weighted by Crippen LogP contribution is -2.67. The molecule has 5 heteroatoms. The first-order valence-corrected chi connectivity index (χ1v) is 10.5. The van der Waals surface area contributed by atoms with Gasteiger partial charge in [0.15, 0.2) is 0 Å². The van der Waals surface area contributed by atoms with Crippen molar-refractivity contribution in [2.24, 2.45) is 17.8 Å². The van der Waals surface area contributed by atoms with E-state index in [0.29, 0.717) is 32.3 Å². The lowest BCUT2D eigenvalue weighted by atomic mass is 9.97. The Bertz CT molecular complexity index is 714. The molecule has 1 aromatic carbocycles. The fourth-order valence-corrected chi connectivity index (χ4v) is 4.65. The summed E-state index contributed by atoms with van der Waals surface area (Å²) < 4.78 is 0.396. The number of hydrogen-bond acceptors (Lipinski definition) is 1. The predicted molar refractivity (Wildman–Crippen MR) is 109 cm³/mol. The largest absolute Gasteiger partial charge is 0.424 e. The summed E-state index contributed by atoms with van der Waals surface area (Å²) in [6, 6.07) is 6.00. The molecule has 0 spiro atoms. The Morgan fingerprint density at radius 1 is 1.12 bits per heavy atom. The van der Waals surface area contributed by atoms with Crippen molar-refractivity contribution in [1.29, 1.82) is 0 Å². The van der Waals surface area contributed by atoms with Gasteiger partial charge in [-0.3, -0.25) is 4.90 Å². The molecule has 0 radical (unpaired) electrons.